The second-order valence-electron chi connectivity index (χ2n) is 5.28. The molecule has 0 radical (unpaired) electrons. The van der Waals surface area contributed by atoms with Crippen LogP contribution >= 0.6 is 23.4 Å². The summed E-state index contributed by atoms with van der Waals surface area (Å²) in [5, 5.41) is 5.94. The van der Waals surface area contributed by atoms with Crippen LogP contribution in [-0.2, 0) is 13.5 Å². The van der Waals surface area contributed by atoms with Gasteiger partial charge in [0, 0.05) is 30.5 Å². The summed E-state index contributed by atoms with van der Waals surface area (Å²) >= 11 is 8.32. The van der Waals surface area contributed by atoms with Gasteiger partial charge in [0.1, 0.15) is 0 Å². The number of rotatable bonds is 6. The number of aryl methyl sites for hydroxylation is 2. The molecule has 1 heterocycles. The molecule has 0 aliphatic heterocycles. The molecule has 1 aliphatic carbocycles. The van der Waals surface area contributed by atoms with Gasteiger partial charge in [-0.05, 0) is 19.8 Å². The largest absolute Gasteiger partial charge is 0.271 e. The van der Waals surface area contributed by atoms with Crippen molar-refractivity contribution in [2.75, 3.05) is 5.75 Å². The van der Waals surface area contributed by atoms with E-state index in [1.54, 1.807) is 0 Å². The predicted octanol–water partition coefficient (Wildman–Crippen LogP) is 2.43. The van der Waals surface area contributed by atoms with Crippen molar-refractivity contribution in [2.45, 2.75) is 50.3 Å². The quantitative estimate of drug-likeness (QED) is 0.626. The molecule has 1 aromatic rings. The minimum atomic E-state index is 0.248. The monoisotopic (exact) mass is 302 g/mol. The Hall–Kier alpha value is -0.230. The summed E-state index contributed by atoms with van der Waals surface area (Å²) < 4.78 is 1.86. The first-order valence-corrected chi connectivity index (χ1v) is 8.30. The van der Waals surface area contributed by atoms with Crippen LogP contribution in [0.4, 0.5) is 0 Å². The standard InChI is InChI=1S/C13H23ClN4S/c1-9-13(14)12(18(2)17-9)7-10(16-15)8-19-11-5-3-4-6-11/h10-11,16H,3-8,15H2,1-2H3. The lowest BCUT2D eigenvalue weighted by Gasteiger charge is -2.18. The molecule has 6 heteroatoms. The van der Waals surface area contributed by atoms with Crippen LogP contribution < -0.4 is 11.3 Å². The van der Waals surface area contributed by atoms with Gasteiger partial charge in [-0.2, -0.15) is 16.9 Å². The Kier molecular flexibility index (Phi) is 5.57. The van der Waals surface area contributed by atoms with Gasteiger partial charge in [0.25, 0.3) is 0 Å². The highest BCUT2D eigenvalue weighted by Gasteiger charge is 2.20. The van der Waals surface area contributed by atoms with E-state index in [-0.39, 0.29) is 6.04 Å². The van der Waals surface area contributed by atoms with Crippen molar-refractivity contribution in [3.63, 3.8) is 0 Å². The number of aromatic nitrogens is 2. The van der Waals surface area contributed by atoms with E-state index in [4.69, 9.17) is 17.4 Å². The third kappa shape index (κ3) is 3.88. The summed E-state index contributed by atoms with van der Waals surface area (Å²) in [5.74, 6) is 6.71. The highest BCUT2D eigenvalue weighted by atomic mass is 35.5. The van der Waals surface area contributed by atoms with E-state index in [9.17, 15) is 0 Å². The van der Waals surface area contributed by atoms with Crippen LogP contribution in [0, 0.1) is 6.92 Å². The average molecular weight is 303 g/mol. The maximum absolute atomic E-state index is 6.28. The third-order valence-corrected chi connectivity index (χ3v) is 5.80. The van der Waals surface area contributed by atoms with Gasteiger partial charge in [-0.25, -0.2) is 0 Å². The van der Waals surface area contributed by atoms with Crippen molar-refractivity contribution in [1.82, 2.24) is 15.2 Å². The maximum Gasteiger partial charge on any atom is 0.0847 e. The number of nitrogens with two attached hydrogens (primary N) is 1. The average Bonchev–Trinajstić information content (AvgIpc) is 2.98. The molecule has 0 aromatic carbocycles. The summed E-state index contributed by atoms with van der Waals surface area (Å²) in [6.07, 6.45) is 6.30. The molecule has 0 amide bonds. The lowest BCUT2D eigenvalue weighted by Crippen LogP contribution is -2.39. The number of hydrogen-bond acceptors (Lipinski definition) is 4. The Bertz CT molecular complexity index is 415. The first-order valence-electron chi connectivity index (χ1n) is 6.87. The van der Waals surface area contributed by atoms with Crippen molar-refractivity contribution in [3.8, 4) is 0 Å². The molecule has 108 valence electrons. The first kappa shape index (κ1) is 15.2. The highest BCUT2D eigenvalue weighted by molar-refractivity contribution is 7.99. The van der Waals surface area contributed by atoms with Crippen molar-refractivity contribution < 1.29 is 0 Å². The van der Waals surface area contributed by atoms with Gasteiger partial charge in [-0.15, -0.1) is 0 Å². The number of nitrogens with one attached hydrogen (secondary N) is 1. The van der Waals surface area contributed by atoms with Gasteiger partial charge < -0.3 is 0 Å². The lowest BCUT2D eigenvalue weighted by atomic mass is 10.2. The van der Waals surface area contributed by atoms with E-state index in [1.807, 2.05) is 30.4 Å². The van der Waals surface area contributed by atoms with E-state index in [0.29, 0.717) is 0 Å². The number of halogens is 1. The normalized spacial score (nSPS) is 18.1. The van der Waals surface area contributed by atoms with Gasteiger partial charge in [0.05, 0.1) is 16.4 Å². The number of hydrazine groups is 1. The van der Waals surface area contributed by atoms with Crippen molar-refractivity contribution in [2.24, 2.45) is 12.9 Å². The van der Waals surface area contributed by atoms with E-state index >= 15 is 0 Å². The molecule has 4 nitrogen and oxygen atoms in total. The van der Waals surface area contributed by atoms with Crippen LogP contribution in [0.15, 0.2) is 0 Å². The van der Waals surface area contributed by atoms with Gasteiger partial charge in [0.15, 0.2) is 0 Å². The Morgan fingerprint density at radius 2 is 2.21 bits per heavy atom. The summed E-state index contributed by atoms with van der Waals surface area (Å²) in [6, 6.07) is 0.248. The molecule has 0 saturated heterocycles. The smallest absolute Gasteiger partial charge is 0.0847 e. The molecule has 3 N–H and O–H groups in total. The molecule has 19 heavy (non-hydrogen) atoms. The Morgan fingerprint density at radius 3 is 2.74 bits per heavy atom. The van der Waals surface area contributed by atoms with Gasteiger partial charge in [-0.1, -0.05) is 24.4 Å². The summed E-state index contributed by atoms with van der Waals surface area (Å²) in [7, 11) is 1.94. The Labute approximate surface area is 124 Å². The highest BCUT2D eigenvalue weighted by Crippen LogP contribution is 2.30. The molecule has 1 aliphatic rings. The minimum Gasteiger partial charge on any atom is -0.271 e. The second-order valence-corrected chi connectivity index (χ2v) is 6.99. The Balaban J connectivity index is 1.90. The van der Waals surface area contributed by atoms with Crippen molar-refractivity contribution in [1.29, 1.82) is 0 Å². The van der Waals surface area contributed by atoms with Crippen LogP contribution in [0.5, 0.6) is 0 Å². The zero-order valence-electron chi connectivity index (χ0n) is 11.7. The molecule has 1 atom stereocenters. The van der Waals surface area contributed by atoms with Gasteiger partial charge in [-0.3, -0.25) is 16.0 Å². The summed E-state index contributed by atoms with van der Waals surface area (Å²) in [6.45, 7) is 1.93. The van der Waals surface area contributed by atoms with Crippen molar-refractivity contribution >= 4 is 23.4 Å². The third-order valence-electron chi connectivity index (χ3n) is 3.77. The molecule has 1 unspecified atom stereocenters. The molecule has 1 saturated carbocycles. The molecule has 1 aromatic heterocycles. The van der Waals surface area contributed by atoms with E-state index < -0.39 is 0 Å². The van der Waals surface area contributed by atoms with Crippen LogP contribution in [0.1, 0.15) is 37.1 Å². The number of nitrogens with zero attached hydrogens (tertiary/aromatic N) is 2. The van der Waals surface area contributed by atoms with Crippen LogP contribution in [0.3, 0.4) is 0 Å². The van der Waals surface area contributed by atoms with Crippen molar-refractivity contribution in [3.05, 3.63) is 16.4 Å². The van der Waals surface area contributed by atoms with E-state index in [1.165, 1.54) is 25.7 Å². The SMILES string of the molecule is Cc1nn(C)c(CC(CSC2CCCC2)NN)c1Cl. The fourth-order valence-corrected chi connectivity index (χ4v) is 4.23. The zero-order valence-corrected chi connectivity index (χ0v) is 13.2. The summed E-state index contributed by atoms with van der Waals surface area (Å²) in [4.78, 5) is 0. The van der Waals surface area contributed by atoms with Crippen LogP contribution in [0.2, 0.25) is 5.02 Å². The summed E-state index contributed by atoms with van der Waals surface area (Å²) in [5.41, 5.74) is 4.87. The van der Waals surface area contributed by atoms with Gasteiger partial charge in [0.2, 0.25) is 0 Å². The zero-order chi connectivity index (χ0) is 13.8. The van der Waals surface area contributed by atoms with E-state index in [2.05, 4.69) is 10.5 Å². The minimum absolute atomic E-state index is 0.248. The maximum atomic E-state index is 6.28. The van der Waals surface area contributed by atoms with Gasteiger partial charge >= 0.3 is 0 Å². The number of thioether (sulfide) groups is 1. The molecule has 0 spiro atoms. The topological polar surface area (TPSA) is 55.9 Å². The first-order chi connectivity index (χ1) is 9.11. The Morgan fingerprint density at radius 1 is 1.53 bits per heavy atom. The van der Waals surface area contributed by atoms with Crippen LogP contribution in [0.25, 0.3) is 0 Å². The van der Waals surface area contributed by atoms with Crippen LogP contribution in [-0.4, -0.2) is 26.8 Å². The second kappa shape index (κ2) is 6.97. The van der Waals surface area contributed by atoms with E-state index in [0.717, 1.165) is 33.8 Å². The fourth-order valence-electron chi connectivity index (χ4n) is 2.61. The molecule has 0 bridgehead atoms. The number of hydrogen-bond donors (Lipinski definition) is 2. The lowest BCUT2D eigenvalue weighted by molar-refractivity contribution is 0.550. The molecular formula is C13H23ClN4S. The molecule has 2 rings (SSSR count). The predicted molar refractivity (Wildman–Crippen MR) is 82.5 cm³/mol. The fraction of sp³-hybridized carbons (Fsp3) is 0.769. The molecule has 1 fully saturated rings. The molecular weight excluding hydrogens is 280 g/mol.